The van der Waals surface area contributed by atoms with Crippen LogP contribution in [0.3, 0.4) is 0 Å². The number of hydrogen-bond acceptors (Lipinski definition) is 7. The third kappa shape index (κ3) is 7.64. The first-order valence-corrected chi connectivity index (χ1v) is 13.3. The number of nitrogens with one attached hydrogen (secondary N) is 2. The van der Waals surface area contributed by atoms with E-state index >= 15 is 0 Å². The second-order valence-corrected chi connectivity index (χ2v) is 10.9. The van der Waals surface area contributed by atoms with Crippen molar-refractivity contribution in [2.75, 3.05) is 25.0 Å². The van der Waals surface area contributed by atoms with E-state index in [-0.39, 0.29) is 23.8 Å². The first-order chi connectivity index (χ1) is 16.6. The number of rotatable bonds is 8. The molecule has 0 aromatic heterocycles. The lowest BCUT2D eigenvalue weighted by molar-refractivity contribution is -0.148. The summed E-state index contributed by atoms with van der Waals surface area (Å²) in [6.45, 7) is 7.46. The summed E-state index contributed by atoms with van der Waals surface area (Å²) >= 11 is 0. The molecular weight excluding hydrogens is 472 g/mol. The summed E-state index contributed by atoms with van der Waals surface area (Å²) < 4.78 is 29.4. The fourth-order valence-electron chi connectivity index (χ4n) is 4.45. The predicted octanol–water partition coefficient (Wildman–Crippen LogP) is 0.383. The Bertz CT molecular complexity index is 998. The van der Waals surface area contributed by atoms with Crippen LogP contribution in [0.4, 0.5) is 5.69 Å². The lowest BCUT2D eigenvalue weighted by Crippen LogP contribution is -2.54. The van der Waals surface area contributed by atoms with Crippen LogP contribution in [0.5, 0.6) is 0 Å². The van der Waals surface area contributed by atoms with Crippen LogP contribution in [0.1, 0.15) is 45.1 Å². The highest BCUT2D eigenvalue weighted by molar-refractivity contribution is 7.89. The molecule has 1 fully saturated rings. The molecule has 3 rings (SSSR count). The van der Waals surface area contributed by atoms with Gasteiger partial charge in [-0.05, 0) is 55.6 Å². The van der Waals surface area contributed by atoms with E-state index in [1.54, 1.807) is 12.1 Å². The normalized spacial score (nSPS) is 22.6. The van der Waals surface area contributed by atoms with Crippen molar-refractivity contribution in [3.8, 4) is 0 Å². The SMILES string of the molecule is C=O.CC1CNc2c(cccc2S(=O)(=O)NC(CCCN=C(N)N)C(=O)N2CCC(C)CC2O)C1. The van der Waals surface area contributed by atoms with Crippen LogP contribution in [0.2, 0.25) is 0 Å². The van der Waals surface area contributed by atoms with Gasteiger partial charge in [-0.15, -0.1) is 0 Å². The number of fused-ring (bicyclic) bond motifs is 1. The Kier molecular flexibility index (Phi) is 10.5. The van der Waals surface area contributed by atoms with Gasteiger partial charge in [0.25, 0.3) is 0 Å². The molecule has 196 valence electrons. The number of guanidine groups is 1. The van der Waals surface area contributed by atoms with Gasteiger partial charge in [0, 0.05) is 19.6 Å². The average molecular weight is 511 g/mol. The van der Waals surface area contributed by atoms with Gasteiger partial charge in [-0.3, -0.25) is 9.79 Å². The highest BCUT2D eigenvalue weighted by atomic mass is 32.2. The molecule has 0 radical (unpaired) electrons. The van der Waals surface area contributed by atoms with E-state index in [1.165, 1.54) is 4.90 Å². The Morgan fingerprint density at radius 2 is 2.03 bits per heavy atom. The molecule has 12 heteroatoms. The zero-order valence-electron chi connectivity index (χ0n) is 20.4. The summed E-state index contributed by atoms with van der Waals surface area (Å²) in [7, 11) is -4.01. The molecule has 0 saturated carbocycles. The van der Waals surface area contributed by atoms with Crippen LogP contribution in [-0.2, 0) is 26.0 Å². The predicted molar refractivity (Wildman–Crippen MR) is 135 cm³/mol. The van der Waals surface area contributed by atoms with E-state index < -0.39 is 28.2 Å². The molecule has 4 atom stereocenters. The summed E-state index contributed by atoms with van der Waals surface area (Å²) in [4.78, 5) is 26.7. The quantitative estimate of drug-likeness (QED) is 0.189. The van der Waals surface area contributed by atoms with Crippen molar-refractivity contribution in [2.24, 2.45) is 28.3 Å². The van der Waals surface area contributed by atoms with E-state index in [0.29, 0.717) is 43.5 Å². The third-order valence-corrected chi connectivity index (χ3v) is 7.77. The third-order valence-electron chi connectivity index (χ3n) is 6.26. The molecule has 2 heterocycles. The minimum Gasteiger partial charge on any atom is -0.383 e. The second kappa shape index (κ2) is 12.8. The first kappa shape index (κ1) is 28.5. The van der Waals surface area contributed by atoms with E-state index in [9.17, 15) is 18.3 Å². The monoisotopic (exact) mass is 510 g/mol. The van der Waals surface area contributed by atoms with Crippen LogP contribution in [0.25, 0.3) is 0 Å². The molecule has 2 aliphatic rings. The summed E-state index contributed by atoms with van der Waals surface area (Å²) in [5, 5.41) is 13.7. The molecule has 1 aromatic carbocycles. The van der Waals surface area contributed by atoms with Gasteiger partial charge in [0.05, 0.1) is 5.69 Å². The Hall–Kier alpha value is -2.70. The zero-order valence-corrected chi connectivity index (χ0v) is 21.3. The molecule has 7 N–H and O–H groups in total. The molecular formula is C23H38N6O5S. The minimum atomic E-state index is -4.01. The molecule has 0 bridgehead atoms. The number of aliphatic imine (C=N–C) groups is 1. The van der Waals surface area contributed by atoms with Gasteiger partial charge in [-0.25, -0.2) is 8.42 Å². The molecule has 1 aromatic rings. The average Bonchev–Trinajstić information content (AvgIpc) is 2.81. The number of nitrogens with zero attached hydrogens (tertiary/aromatic N) is 2. The smallest absolute Gasteiger partial charge is 0.243 e. The van der Waals surface area contributed by atoms with Gasteiger partial charge in [0.2, 0.25) is 15.9 Å². The van der Waals surface area contributed by atoms with E-state index in [2.05, 4.69) is 22.0 Å². The van der Waals surface area contributed by atoms with Crippen LogP contribution in [0.15, 0.2) is 28.1 Å². The highest BCUT2D eigenvalue weighted by Gasteiger charge is 2.35. The van der Waals surface area contributed by atoms with Gasteiger partial charge in [-0.1, -0.05) is 26.0 Å². The van der Waals surface area contributed by atoms with E-state index in [0.717, 1.165) is 18.4 Å². The van der Waals surface area contributed by atoms with Crippen LogP contribution in [-0.4, -0.2) is 69.0 Å². The first-order valence-electron chi connectivity index (χ1n) is 11.8. The van der Waals surface area contributed by atoms with Crippen molar-refractivity contribution in [3.05, 3.63) is 23.8 Å². The number of para-hydroxylation sites is 1. The fourth-order valence-corrected chi connectivity index (χ4v) is 5.90. The van der Waals surface area contributed by atoms with Gasteiger partial charge >= 0.3 is 0 Å². The zero-order chi connectivity index (χ0) is 26.2. The fraction of sp³-hybridized carbons (Fsp3) is 0.609. The number of likely N-dealkylation sites (tertiary alicyclic amines) is 1. The maximum Gasteiger partial charge on any atom is 0.243 e. The number of piperidine rings is 1. The number of aliphatic hydroxyl groups is 1. The number of sulfonamides is 1. The van der Waals surface area contributed by atoms with Crippen LogP contribution < -0.4 is 21.5 Å². The Morgan fingerprint density at radius 1 is 1.31 bits per heavy atom. The van der Waals surface area contributed by atoms with Crippen molar-refractivity contribution in [1.29, 1.82) is 0 Å². The van der Waals surface area contributed by atoms with Gasteiger partial charge in [0.1, 0.15) is 24.0 Å². The summed E-state index contributed by atoms with van der Waals surface area (Å²) in [5.41, 5.74) is 12.3. The van der Waals surface area contributed by atoms with Crippen molar-refractivity contribution in [1.82, 2.24) is 9.62 Å². The van der Waals surface area contributed by atoms with Crippen LogP contribution >= 0.6 is 0 Å². The molecule has 0 aliphatic carbocycles. The maximum absolute atomic E-state index is 13.4. The van der Waals surface area contributed by atoms with Crippen molar-refractivity contribution in [2.45, 2.75) is 63.1 Å². The summed E-state index contributed by atoms with van der Waals surface area (Å²) in [6, 6.07) is 4.15. The van der Waals surface area contributed by atoms with Gasteiger partial charge in [0.15, 0.2) is 5.96 Å². The molecule has 1 saturated heterocycles. The number of nitrogens with two attached hydrogens (primary N) is 2. The highest BCUT2D eigenvalue weighted by Crippen LogP contribution is 2.31. The number of benzene rings is 1. The Balaban J connectivity index is 0.00000210. The van der Waals surface area contributed by atoms with Crippen molar-refractivity contribution in [3.63, 3.8) is 0 Å². The Labute approximate surface area is 207 Å². The number of carbonyl (C=O) groups is 2. The van der Waals surface area contributed by atoms with E-state index in [1.807, 2.05) is 19.8 Å². The summed E-state index contributed by atoms with van der Waals surface area (Å²) in [6.07, 6.45) is 1.68. The van der Waals surface area contributed by atoms with Crippen molar-refractivity contribution >= 4 is 34.4 Å². The second-order valence-electron chi connectivity index (χ2n) is 9.24. The van der Waals surface area contributed by atoms with Crippen molar-refractivity contribution < 1.29 is 23.1 Å². The van der Waals surface area contributed by atoms with Crippen LogP contribution in [0, 0.1) is 11.8 Å². The largest absolute Gasteiger partial charge is 0.383 e. The Morgan fingerprint density at radius 3 is 2.69 bits per heavy atom. The number of hydrogen-bond donors (Lipinski definition) is 5. The molecule has 4 unspecified atom stereocenters. The molecule has 2 aliphatic heterocycles. The maximum atomic E-state index is 13.4. The molecule has 0 spiro atoms. The van der Waals surface area contributed by atoms with Gasteiger partial charge < -0.3 is 31.6 Å². The minimum absolute atomic E-state index is 0.0601. The summed E-state index contributed by atoms with van der Waals surface area (Å²) in [5.74, 6) is 0.200. The van der Waals surface area contributed by atoms with Gasteiger partial charge in [-0.2, -0.15) is 4.72 Å². The number of anilines is 1. The molecule has 11 nitrogen and oxygen atoms in total. The standard InChI is InChI=1S/C22H36N6O4S.CH2O/c1-14-8-10-28(19(29)12-14)21(30)17(6-4-9-25-22(23)24)27-33(31,32)18-7-3-5-16-11-15(2)13-26-20(16)18;1-2/h3,5,7,14-15,17,19,26-27,29H,4,6,8-13H2,1-2H3,(H4,23,24,25);1H2. The lowest BCUT2D eigenvalue weighted by atomic mass is 9.96. The molecule has 1 amide bonds. The van der Waals surface area contributed by atoms with E-state index in [4.69, 9.17) is 16.3 Å². The lowest BCUT2D eigenvalue weighted by Gasteiger charge is -2.37. The number of carbonyl (C=O) groups excluding carboxylic acids is 2. The molecule has 35 heavy (non-hydrogen) atoms. The number of amides is 1. The topological polar surface area (TPSA) is 180 Å². The number of aliphatic hydroxyl groups excluding tert-OH is 1.